The summed E-state index contributed by atoms with van der Waals surface area (Å²) >= 11 is 8.95. The molecule has 0 spiro atoms. The van der Waals surface area contributed by atoms with E-state index >= 15 is 0 Å². The SMILES string of the molecule is COc1ccnc(Cl)n1.CS.[2H]C([2H])([2H])n1cc(N)cn1.[2H]C([2H])([2H])n1cc(Nc2nccc(OC)n2)cn1. The molecule has 0 aromatic carbocycles. The predicted molar refractivity (Wildman–Crippen MR) is 131 cm³/mol. The van der Waals surface area contributed by atoms with Crippen LogP contribution in [0.5, 0.6) is 11.8 Å². The summed E-state index contributed by atoms with van der Waals surface area (Å²) in [5.41, 5.74) is 6.09. The lowest BCUT2D eigenvalue weighted by Crippen LogP contribution is -1.97. The minimum atomic E-state index is -2.30. The number of hydrogen-bond donors (Lipinski definition) is 3. The standard InChI is InChI=1S/C9H11N5O.C5H5ClN2O.C4H7N3.CH4S/c1-14-6-7(5-11-14)12-9-10-4-3-8(13-9)15-2;1-9-4-2-3-7-5(6)8-4;1-7-3-4(5)2-6-7;1-2/h3-6H,1-2H3,(H,10,12,13);2-3H,1H3;2-3H,5H2,1H3;2H,1H3/i1D3;;1D3;. The van der Waals surface area contributed by atoms with E-state index in [1.54, 1.807) is 18.4 Å². The van der Waals surface area contributed by atoms with Crippen molar-refractivity contribution in [3.63, 3.8) is 0 Å². The molecule has 33 heavy (non-hydrogen) atoms. The van der Waals surface area contributed by atoms with Gasteiger partial charge in [0.2, 0.25) is 23.0 Å². The molecule has 0 atom stereocenters. The van der Waals surface area contributed by atoms with Gasteiger partial charge in [-0.2, -0.15) is 32.8 Å². The summed E-state index contributed by atoms with van der Waals surface area (Å²) in [7, 11) is 3.03. The summed E-state index contributed by atoms with van der Waals surface area (Å²) in [6, 6.07) is 3.24. The van der Waals surface area contributed by atoms with E-state index in [9.17, 15) is 0 Å². The molecule has 4 aromatic heterocycles. The molecule has 12 nitrogen and oxygen atoms in total. The Morgan fingerprint density at radius 1 is 0.970 bits per heavy atom. The van der Waals surface area contributed by atoms with Crippen LogP contribution in [0.2, 0.25) is 5.28 Å². The number of ether oxygens (including phenoxy) is 2. The second-order valence-corrected chi connectivity index (χ2v) is 5.65. The maximum absolute atomic E-state index is 7.18. The van der Waals surface area contributed by atoms with Crippen molar-refractivity contribution in [1.29, 1.82) is 0 Å². The number of anilines is 3. The highest BCUT2D eigenvalue weighted by Gasteiger charge is 2.01. The van der Waals surface area contributed by atoms with E-state index in [0.29, 0.717) is 29.1 Å². The zero-order chi connectivity index (χ0) is 29.6. The van der Waals surface area contributed by atoms with Crippen molar-refractivity contribution in [1.82, 2.24) is 39.5 Å². The van der Waals surface area contributed by atoms with Crippen LogP contribution in [0.3, 0.4) is 0 Å². The largest absolute Gasteiger partial charge is 0.481 e. The Balaban J connectivity index is 0.000000307. The van der Waals surface area contributed by atoms with Crippen LogP contribution in [-0.4, -0.2) is 60.0 Å². The Hall–Kier alpha value is -3.58. The molecule has 0 aliphatic carbocycles. The normalized spacial score (nSPS) is 12.6. The third-order valence-electron chi connectivity index (χ3n) is 3.09. The van der Waals surface area contributed by atoms with Gasteiger partial charge in [-0.15, -0.1) is 0 Å². The summed E-state index contributed by atoms with van der Waals surface area (Å²) in [6.07, 6.45) is 10.1. The second-order valence-electron chi connectivity index (χ2n) is 5.31. The van der Waals surface area contributed by atoms with Crippen LogP contribution < -0.4 is 20.5 Å². The molecule has 178 valence electrons. The maximum atomic E-state index is 7.18. The minimum absolute atomic E-state index is 0.203. The van der Waals surface area contributed by atoms with Crippen molar-refractivity contribution in [3.05, 3.63) is 54.6 Å². The number of nitrogens with one attached hydrogen (secondary N) is 1. The molecular weight excluding hydrogens is 468 g/mol. The second kappa shape index (κ2) is 15.3. The molecule has 0 fully saturated rings. The van der Waals surface area contributed by atoms with Gasteiger partial charge in [0.15, 0.2) is 0 Å². The Morgan fingerprint density at radius 2 is 1.58 bits per heavy atom. The summed E-state index contributed by atoms with van der Waals surface area (Å²) in [4.78, 5) is 15.4. The van der Waals surface area contributed by atoms with Crippen molar-refractivity contribution >= 4 is 41.6 Å². The summed E-state index contributed by atoms with van der Waals surface area (Å²) in [6.45, 7) is -4.51. The summed E-state index contributed by atoms with van der Waals surface area (Å²) in [5.74, 6) is 1.20. The summed E-state index contributed by atoms with van der Waals surface area (Å²) < 4.78 is 53.6. The van der Waals surface area contributed by atoms with Gasteiger partial charge < -0.3 is 20.5 Å². The molecule has 14 heteroatoms. The molecule has 3 N–H and O–H groups in total. The van der Waals surface area contributed by atoms with E-state index in [2.05, 4.69) is 48.1 Å². The fourth-order valence-electron chi connectivity index (χ4n) is 1.80. The van der Waals surface area contributed by atoms with Crippen LogP contribution >= 0.6 is 24.2 Å². The predicted octanol–water partition coefficient (Wildman–Crippen LogP) is 2.65. The molecule has 4 heterocycles. The first kappa shape index (κ1) is 18.9. The highest BCUT2D eigenvalue weighted by atomic mass is 35.5. The molecule has 0 unspecified atom stereocenters. The number of nitrogens with zero attached hydrogens (tertiary/aromatic N) is 8. The van der Waals surface area contributed by atoms with Gasteiger partial charge >= 0.3 is 0 Å². The number of methoxy groups -OCH3 is 2. The molecule has 4 aromatic rings. The molecule has 0 radical (unpaired) electrons. The van der Waals surface area contributed by atoms with Crippen LogP contribution in [-0.2, 0) is 14.0 Å². The molecule has 0 saturated heterocycles. The van der Waals surface area contributed by atoms with Crippen LogP contribution in [0.15, 0.2) is 49.3 Å². The maximum Gasteiger partial charge on any atom is 0.230 e. The lowest BCUT2D eigenvalue weighted by Gasteiger charge is -2.02. The zero-order valence-corrected chi connectivity index (χ0v) is 19.6. The molecule has 4 rings (SSSR count). The smallest absolute Gasteiger partial charge is 0.230 e. The minimum Gasteiger partial charge on any atom is -0.481 e. The van der Waals surface area contributed by atoms with Gasteiger partial charge in [0.1, 0.15) is 0 Å². The Labute approximate surface area is 211 Å². The monoisotopic (exact) mass is 500 g/mol. The molecular formula is C19H27ClN10O2S. The zero-order valence-electron chi connectivity index (χ0n) is 23.9. The number of nitrogens with two attached hydrogens (primary N) is 1. The molecule has 0 aliphatic rings. The lowest BCUT2D eigenvalue weighted by molar-refractivity contribution is 0.397. The number of rotatable bonds is 4. The van der Waals surface area contributed by atoms with Gasteiger partial charge in [-0.05, 0) is 17.9 Å². The fraction of sp³-hybridized carbons (Fsp3) is 0.263. The molecule has 0 bridgehead atoms. The van der Waals surface area contributed by atoms with Crippen LogP contribution in [0.25, 0.3) is 0 Å². The van der Waals surface area contributed by atoms with Gasteiger partial charge in [-0.25, -0.2) is 9.97 Å². The number of aryl methyl sites for hydroxylation is 2. The van der Waals surface area contributed by atoms with Gasteiger partial charge in [-0.3, -0.25) is 9.36 Å². The van der Waals surface area contributed by atoms with Crippen molar-refractivity contribution in [3.8, 4) is 11.8 Å². The Morgan fingerprint density at radius 3 is 2.06 bits per heavy atom. The molecule has 0 saturated carbocycles. The van der Waals surface area contributed by atoms with Crippen molar-refractivity contribution in [2.24, 2.45) is 14.0 Å². The Bertz CT molecular complexity index is 1270. The van der Waals surface area contributed by atoms with Gasteiger partial charge in [0, 0.05) is 59.1 Å². The fourth-order valence-corrected chi connectivity index (χ4v) is 1.94. The van der Waals surface area contributed by atoms with Crippen LogP contribution in [0, 0.1) is 0 Å². The van der Waals surface area contributed by atoms with E-state index in [0.717, 1.165) is 9.36 Å². The Kier molecular flexibility index (Phi) is 8.76. The first-order valence-electron chi connectivity index (χ1n) is 11.8. The van der Waals surface area contributed by atoms with Gasteiger partial charge in [0.25, 0.3) is 0 Å². The third-order valence-corrected chi connectivity index (χ3v) is 3.27. The van der Waals surface area contributed by atoms with E-state index in [4.69, 9.17) is 35.0 Å². The van der Waals surface area contributed by atoms with E-state index in [1.165, 1.54) is 51.4 Å². The number of aromatic nitrogens is 8. The average Bonchev–Trinajstić information content (AvgIpc) is 3.55. The van der Waals surface area contributed by atoms with Crippen molar-refractivity contribution in [2.45, 2.75) is 0 Å². The first-order valence-corrected chi connectivity index (χ1v) is 10.1. The first-order chi connectivity index (χ1) is 18.3. The van der Waals surface area contributed by atoms with Crippen molar-refractivity contribution in [2.75, 3.05) is 31.5 Å². The van der Waals surface area contributed by atoms with E-state index in [1.807, 2.05) is 0 Å². The molecule has 0 amide bonds. The number of hydrogen-bond acceptors (Lipinski definition) is 11. The quantitative estimate of drug-likeness (QED) is 0.282. The van der Waals surface area contributed by atoms with E-state index in [-0.39, 0.29) is 5.28 Å². The van der Waals surface area contributed by atoms with Gasteiger partial charge in [-0.1, -0.05) is 0 Å². The number of nitrogen functional groups attached to an aromatic ring is 1. The highest BCUT2D eigenvalue weighted by molar-refractivity contribution is 7.79. The van der Waals surface area contributed by atoms with Gasteiger partial charge in [0.05, 0.1) is 38.0 Å². The summed E-state index contributed by atoms with van der Waals surface area (Å²) in [5, 5.41) is 10.3. The van der Waals surface area contributed by atoms with Crippen LogP contribution in [0.1, 0.15) is 8.22 Å². The number of thiol groups is 1. The lowest BCUT2D eigenvalue weighted by atomic mass is 10.5. The average molecular weight is 501 g/mol. The third kappa shape index (κ3) is 11.0. The topological polar surface area (TPSA) is 144 Å². The van der Waals surface area contributed by atoms with Crippen LogP contribution in [0.4, 0.5) is 17.3 Å². The van der Waals surface area contributed by atoms with Crippen molar-refractivity contribution < 1.29 is 17.7 Å². The molecule has 0 aliphatic heterocycles. The highest BCUT2D eigenvalue weighted by Crippen LogP contribution is 2.13. The number of halogens is 1. The van der Waals surface area contributed by atoms with E-state index < -0.39 is 14.0 Å².